The van der Waals surface area contributed by atoms with E-state index in [1.165, 1.54) is 6.07 Å². The van der Waals surface area contributed by atoms with Crippen LogP contribution in [0, 0.1) is 11.6 Å². The number of hydrogen-bond donors (Lipinski definition) is 2. The number of hydrogen-bond acceptors (Lipinski definition) is 3. The lowest BCUT2D eigenvalue weighted by Gasteiger charge is -2.19. The van der Waals surface area contributed by atoms with Crippen molar-refractivity contribution in [3.63, 3.8) is 0 Å². The Kier molecular flexibility index (Phi) is 2.96. The van der Waals surface area contributed by atoms with Crippen molar-refractivity contribution in [1.82, 2.24) is 0 Å². The number of nitrogens with one attached hydrogen (secondary N) is 1. The van der Waals surface area contributed by atoms with Crippen molar-refractivity contribution in [2.75, 3.05) is 17.7 Å². The maximum Gasteiger partial charge on any atom is 0.183 e. The zero-order valence-corrected chi connectivity index (χ0v) is 8.97. The maximum absolute atomic E-state index is 13.5. The Morgan fingerprint density at radius 1 is 1.44 bits per heavy atom. The molecule has 88 valence electrons. The van der Waals surface area contributed by atoms with Gasteiger partial charge in [0, 0.05) is 6.61 Å². The normalized spacial score (nSPS) is 24.7. The Balaban J connectivity index is 2.23. The lowest BCUT2D eigenvalue weighted by Crippen LogP contribution is -2.27. The smallest absolute Gasteiger partial charge is 0.183 e. The minimum Gasteiger partial charge on any atom is -0.397 e. The van der Waals surface area contributed by atoms with Gasteiger partial charge in [-0.2, -0.15) is 0 Å². The second-order valence-electron chi connectivity index (χ2n) is 3.94. The maximum atomic E-state index is 13.5. The van der Waals surface area contributed by atoms with Crippen LogP contribution in [0.25, 0.3) is 0 Å². The summed E-state index contributed by atoms with van der Waals surface area (Å²) >= 11 is 0. The van der Waals surface area contributed by atoms with Gasteiger partial charge in [0.1, 0.15) is 0 Å². The largest absolute Gasteiger partial charge is 0.397 e. The number of nitrogen functional groups attached to an aromatic ring is 1. The molecule has 2 unspecified atom stereocenters. The predicted octanol–water partition coefficient (Wildman–Crippen LogP) is 2.14. The number of benzene rings is 1. The minimum atomic E-state index is -0.931. The molecule has 1 heterocycles. The molecule has 1 fully saturated rings. The van der Waals surface area contributed by atoms with Gasteiger partial charge in [-0.3, -0.25) is 0 Å². The molecule has 1 aromatic carbocycles. The highest BCUT2D eigenvalue weighted by Crippen LogP contribution is 2.27. The molecule has 16 heavy (non-hydrogen) atoms. The zero-order valence-electron chi connectivity index (χ0n) is 8.97. The standard InChI is InChI=1S/C11H14F2N2O/c1-6-9(4-5-16-6)15-11-8(14)3-2-7(12)10(11)13/h2-3,6,9,15H,4-5,14H2,1H3. The number of nitrogens with two attached hydrogens (primary N) is 1. The molecule has 0 amide bonds. The summed E-state index contributed by atoms with van der Waals surface area (Å²) in [6, 6.07) is 2.34. The highest BCUT2D eigenvalue weighted by molar-refractivity contribution is 5.67. The molecule has 0 aromatic heterocycles. The van der Waals surface area contributed by atoms with Crippen LogP contribution in [0.3, 0.4) is 0 Å². The van der Waals surface area contributed by atoms with Gasteiger partial charge in [-0.05, 0) is 25.5 Å². The average Bonchev–Trinajstić information content (AvgIpc) is 2.65. The number of rotatable bonds is 2. The number of ether oxygens (including phenoxy) is 1. The highest BCUT2D eigenvalue weighted by Gasteiger charge is 2.26. The van der Waals surface area contributed by atoms with Crippen LogP contribution in [0.1, 0.15) is 13.3 Å². The van der Waals surface area contributed by atoms with Crippen LogP contribution in [0.4, 0.5) is 20.2 Å². The Bertz CT molecular complexity index is 398. The van der Waals surface area contributed by atoms with Crippen molar-refractivity contribution in [2.45, 2.75) is 25.5 Å². The second-order valence-corrected chi connectivity index (χ2v) is 3.94. The lowest BCUT2D eigenvalue weighted by molar-refractivity contribution is 0.121. The first-order valence-corrected chi connectivity index (χ1v) is 5.21. The first-order valence-electron chi connectivity index (χ1n) is 5.21. The van der Waals surface area contributed by atoms with Gasteiger partial charge in [0.25, 0.3) is 0 Å². The van der Waals surface area contributed by atoms with Gasteiger partial charge in [0.15, 0.2) is 11.6 Å². The molecule has 0 saturated carbocycles. The van der Waals surface area contributed by atoms with Crippen LogP contribution in [-0.2, 0) is 4.74 Å². The molecule has 0 radical (unpaired) electrons. The van der Waals surface area contributed by atoms with Gasteiger partial charge in [-0.25, -0.2) is 8.78 Å². The molecule has 2 atom stereocenters. The van der Waals surface area contributed by atoms with E-state index in [-0.39, 0.29) is 23.5 Å². The van der Waals surface area contributed by atoms with E-state index in [1.54, 1.807) is 0 Å². The molecule has 3 nitrogen and oxygen atoms in total. The van der Waals surface area contributed by atoms with Gasteiger partial charge in [0.2, 0.25) is 0 Å². The van der Waals surface area contributed by atoms with Crippen LogP contribution < -0.4 is 11.1 Å². The van der Waals surface area contributed by atoms with E-state index in [0.717, 1.165) is 12.5 Å². The van der Waals surface area contributed by atoms with Gasteiger partial charge >= 0.3 is 0 Å². The lowest BCUT2D eigenvalue weighted by atomic mass is 10.1. The molecule has 5 heteroatoms. The van der Waals surface area contributed by atoms with E-state index in [9.17, 15) is 8.78 Å². The quantitative estimate of drug-likeness (QED) is 0.762. The molecule has 0 bridgehead atoms. The second kappa shape index (κ2) is 4.25. The monoisotopic (exact) mass is 228 g/mol. The topological polar surface area (TPSA) is 47.3 Å². The van der Waals surface area contributed by atoms with Crippen molar-refractivity contribution in [3.05, 3.63) is 23.8 Å². The van der Waals surface area contributed by atoms with Crippen LogP contribution in [0.2, 0.25) is 0 Å². The summed E-state index contributed by atoms with van der Waals surface area (Å²) in [5, 5.41) is 2.90. The summed E-state index contributed by atoms with van der Waals surface area (Å²) in [5.41, 5.74) is 5.84. The predicted molar refractivity (Wildman–Crippen MR) is 58.2 cm³/mol. The van der Waals surface area contributed by atoms with E-state index >= 15 is 0 Å². The fourth-order valence-electron chi connectivity index (χ4n) is 1.82. The van der Waals surface area contributed by atoms with Gasteiger partial charge < -0.3 is 15.8 Å². The summed E-state index contributed by atoms with van der Waals surface area (Å²) in [6.07, 6.45) is 0.735. The molecule has 2 rings (SSSR count). The average molecular weight is 228 g/mol. The number of halogens is 2. The molecular weight excluding hydrogens is 214 g/mol. The third-order valence-electron chi connectivity index (χ3n) is 2.83. The molecule has 1 aliphatic heterocycles. The van der Waals surface area contributed by atoms with E-state index in [0.29, 0.717) is 6.61 Å². The third-order valence-corrected chi connectivity index (χ3v) is 2.83. The molecule has 1 saturated heterocycles. The van der Waals surface area contributed by atoms with E-state index in [1.807, 2.05) is 6.92 Å². The molecule has 1 aliphatic rings. The van der Waals surface area contributed by atoms with Crippen LogP contribution in [0.15, 0.2) is 12.1 Å². The first-order chi connectivity index (χ1) is 7.59. The summed E-state index contributed by atoms with van der Waals surface area (Å²) in [6.45, 7) is 2.51. The van der Waals surface area contributed by atoms with Crippen molar-refractivity contribution >= 4 is 11.4 Å². The molecular formula is C11H14F2N2O. The Morgan fingerprint density at radius 2 is 2.19 bits per heavy atom. The van der Waals surface area contributed by atoms with E-state index in [4.69, 9.17) is 10.5 Å². The molecule has 1 aromatic rings. The van der Waals surface area contributed by atoms with Crippen LogP contribution >= 0.6 is 0 Å². The Morgan fingerprint density at radius 3 is 2.81 bits per heavy atom. The van der Waals surface area contributed by atoms with Crippen molar-refractivity contribution in [1.29, 1.82) is 0 Å². The summed E-state index contributed by atoms with van der Waals surface area (Å²) < 4.78 is 31.8. The van der Waals surface area contributed by atoms with Gasteiger partial charge in [-0.15, -0.1) is 0 Å². The van der Waals surface area contributed by atoms with Crippen LogP contribution in [0.5, 0.6) is 0 Å². The molecule has 0 aliphatic carbocycles. The van der Waals surface area contributed by atoms with E-state index in [2.05, 4.69) is 5.32 Å². The fourth-order valence-corrected chi connectivity index (χ4v) is 1.82. The number of anilines is 2. The molecule has 3 N–H and O–H groups in total. The summed E-state index contributed by atoms with van der Waals surface area (Å²) in [5.74, 6) is -1.83. The Labute approximate surface area is 92.6 Å². The summed E-state index contributed by atoms with van der Waals surface area (Å²) in [4.78, 5) is 0. The van der Waals surface area contributed by atoms with Crippen molar-refractivity contribution < 1.29 is 13.5 Å². The fraction of sp³-hybridized carbons (Fsp3) is 0.455. The van der Waals surface area contributed by atoms with E-state index < -0.39 is 11.6 Å². The van der Waals surface area contributed by atoms with Crippen LogP contribution in [-0.4, -0.2) is 18.8 Å². The van der Waals surface area contributed by atoms with Crippen molar-refractivity contribution in [3.8, 4) is 0 Å². The highest BCUT2D eigenvalue weighted by atomic mass is 19.2. The van der Waals surface area contributed by atoms with Gasteiger partial charge in [-0.1, -0.05) is 0 Å². The summed E-state index contributed by atoms with van der Waals surface area (Å²) in [7, 11) is 0. The molecule has 0 spiro atoms. The first kappa shape index (κ1) is 11.1. The van der Waals surface area contributed by atoms with Gasteiger partial charge in [0.05, 0.1) is 23.5 Å². The zero-order chi connectivity index (χ0) is 11.7. The minimum absolute atomic E-state index is 0.0259. The SMILES string of the molecule is CC1OCCC1Nc1c(N)ccc(F)c1F. The Hall–Kier alpha value is -1.36. The van der Waals surface area contributed by atoms with Crippen molar-refractivity contribution in [2.24, 2.45) is 0 Å². The third kappa shape index (κ3) is 1.95.